The fraction of sp³-hybridized carbons (Fsp3) is 0.125. The molecule has 0 aliphatic rings. The zero-order chi connectivity index (χ0) is 8.69. The molecule has 3 nitrogen and oxygen atoms in total. The van der Waals surface area contributed by atoms with Crippen molar-refractivity contribution >= 4 is 5.97 Å². The number of carbonyl (C=O) groups is 1. The van der Waals surface area contributed by atoms with Gasteiger partial charge in [-0.15, -0.1) is 6.58 Å². The molecule has 1 N–H and O–H groups in total. The summed E-state index contributed by atoms with van der Waals surface area (Å²) in [5, 5.41) is 8.50. The van der Waals surface area contributed by atoms with Crippen molar-refractivity contribution in [3.05, 3.63) is 37.3 Å². The molecule has 11 heavy (non-hydrogen) atoms. The van der Waals surface area contributed by atoms with E-state index in [9.17, 15) is 4.79 Å². The molecule has 0 saturated heterocycles. The predicted octanol–water partition coefficient (Wildman–Crippen LogP) is 1.69. The largest absolute Gasteiger partial charge is 0.478 e. The van der Waals surface area contributed by atoms with Crippen LogP contribution in [0.3, 0.4) is 0 Å². The Kier molecular flexibility index (Phi) is 4.56. The maximum atomic E-state index is 10.4. The van der Waals surface area contributed by atoms with Gasteiger partial charge in [0, 0.05) is 6.42 Å². The van der Waals surface area contributed by atoms with Crippen LogP contribution in [0.4, 0.5) is 0 Å². The highest BCUT2D eigenvalue weighted by Crippen LogP contribution is 2.02. The lowest BCUT2D eigenvalue weighted by atomic mass is 10.2. The first-order chi connectivity index (χ1) is 5.22. The highest BCUT2D eigenvalue weighted by atomic mass is 16.5. The maximum absolute atomic E-state index is 10.4. The molecular formula is C8H10O3. The zero-order valence-corrected chi connectivity index (χ0v) is 6.12. The molecule has 0 aromatic carbocycles. The van der Waals surface area contributed by atoms with Crippen molar-refractivity contribution in [2.45, 2.75) is 6.42 Å². The average Bonchev–Trinajstić information content (AvgIpc) is 1.97. The summed E-state index contributed by atoms with van der Waals surface area (Å²) < 4.78 is 4.58. The molecule has 0 bridgehead atoms. The Morgan fingerprint density at radius 1 is 1.55 bits per heavy atom. The van der Waals surface area contributed by atoms with Crippen LogP contribution in [-0.2, 0) is 9.53 Å². The number of carboxylic acids is 1. The highest BCUT2D eigenvalue weighted by Gasteiger charge is 2.03. The van der Waals surface area contributed by atoms with Crippen LogP contribution in [0.1, 0.15) is 6.42 Å². The normalized spacial score (nSPS) is 10.4. The first-order valence-corrected chi connectivity index (χ1v) is 3.02. The quantitative estimate of drug-likeness (QED) is 0.372. The molecule has 3 heteroatoms. The topological polar surface area (TPSA) is 46.5 Å². The zero-order valence-electron chi connectivity index (χ0n) is 6.12. The van der Waals surface area contributed by atoms with Gasteiger partial charge in [0.2, 0.25) is 0 Å². The molecule has 0 aromatic heterocycles. The molecule has 0 saturated carbocycles. The van der Waals surface area contributed by atoms with E-state index in [1.54, 1.807) is 0 Å². The molecule has 0 atom stereocenters. The molecule has 0 unspecified atom stereocenters. The van der Waals surface area contributed by atoms with Crippen molar-refractivity contribution in [1.29, 1.82) is 0 Å². The molecule has 0 aliphatic carbocycles. The second-order valence-corrected chi connectivity index (χ2v) is 1.74. The third-order valence-electron chi connectivity index (χ3n) is 0.945. The third kappa shape index (κ3) is 3.97. The summed E-state index contributed by atoms with van der Waals surface area (Å²) in [6, 6.07) is 0. The van der Waals surface area contributed by atoms with Crippen molar-refractivity contribution in [2.75, 3.05) is 0 Å². The number of hydrogen-bond acceptors (Lipinski definition) is 2. The van der Waals surface area contributed by atoms with Crippen molar-refractivity contribution in [1.82, 2.24) is 0 Å². The van der Waals surface area contributed by atoms with Crippen LogP contribution < -0.4 is 0 Å². The molecule has 60 valence electrons. The highest BCUT2D eigenvalue weighted by molar-refractivity contribution is 5.86. The minimum atomic E-state index is -1.01. The molecule has 0 aromatic rings. The molecule has 0 fully saturated rings. The van der Waals surface area contributed by atoms with Gasteiger partial charge in [-0.05, 0) is 0 Å². The lowest BCUT2D eigenvalue weighted by Gasteiger charge is -1.95. The van der Waals surface area contributed by atoms with Crippen molar-refractivity contribution in [3.8, 4) is 0 Å². The Labute approximate surface area is 65.3 Å². The van der Waals surface area contributed by atoms with E-state index in [0.717, 1.165) is 12.5 Å². The van der Waals surface area contributed by atoms with E-state index in [2.05, 4.69) is 17.9 Å². The first kappa shape index (κ1) is 9.49. The van der Waals surface area contributed by atoms with Crippen molar-refractivity contribution in [2.24, 2.45) is 0 Å². The Hall–Kier alpha value is -1.51. The summed E-state index contributed by atoms with van der Waals surface area (Å²) in [6.07, 6.45) is 4.07. The van der Waals surface area contributed by atoms with E-state index in [4.69, 9.17) is 5.11 Å². The van der Waals surface area contributed by atoms with E-state index in [-0.39, 0.29) is 12.0 Å². The maximum Gasteiger partial charge on any atom is 0.335 e. The minimum absolute atomic E-state index is 0.153. The fourth-order valence-electron chi connectivity index (χ4n) is 0.472. The third-order valence-corrected chi connectivity index (χ3v) is 0.945. The van der Waals surface area contributed by atoms with Crippen LogP contribution in [-0.4, -0.2) is 11.1 Å². The van der Waals surface area contributed by atoms with Crippen molar-refractivity contribution in [3.63, 3.8) is 0 Å². The summed E-state index contributed by atoms with van der Waals surface area (Å²) in [5.41, 5.74) is 0.153. The summed E-state index contributed by atoms with van der Waals surface area (Å²) >= 11 is 0. The average molecular weight is 154 g/mol. The van der Waals surface area contributed by atoms with Gasteiger partial charge in [0.05, 0.1) is 11.8 Å². The predicted molar refractivity (Wildman–Crippen MR) is 41.8 cm³/mol. The molecule has 0 amide bonds. The SMILES string of the molecule is C=CCC(=COC=C)C(=O)O. The van der Waals surface area contributed by atoms with Crippen molar-refractivity contribution < 1.29 is 14.6 Å². The van der Waals surface area contributed by atoms with Crippen LogP contribution in [0.2, 0.25) is 0 Å². The standard InChI is InChI=1S/C8H10O3/c1-3-5-7(8(9)10)6-11-4-2/h3-4,6H,1-2,5H2,(H,9,10). The van der Waals surface area contributed by atoms with Gasteiger partial charge < -0.3 is 9.84 Å². The minimum Gasteiger partial charge on any atom is -0.478 e. The van der Waals surface area contributed by atoms with Crippen LogP contribution in [0.15, 0.2) is 37.3 Å². The lowest BCUT2D eigenvalue weighted by molar-refractivity contribution is -0.132. The van der Waals surface area contributed by atoms with Gasteiger partial charge in [-0.2, -0.15) is 0 Å². The van der Waals surface area contributed by atoms with E-state index >= 15 is 0 Å². The summed E-state index contributed by atoms with van der Waals surface area (Å²) in [4.78, 5) is 10.4. The summed E-state index contributed by atoms with van der Waals surface area (Å²) in [5.74, 6) is -1.01. The second-order valence-electron chi connectivity index (χ2n) is 1.74. The van der Waals surface area contributed by atoms with E-state index in [1.807, 2.05) is 0 Å². The van der Waals surface area contributed by atoms with Gasteiger partial charge in [0.15, 0.2) is 0 Å². The summed E-state index contributed by atoms with van der Waals surface area (Å²) in [6.45, 7) is 6.67. The molecule has 0 aliphatic heterocycles. The number of ether oxygens (including phenoxy) is 1. The van der Waals surface area contributed by atoms with Crippen LogP contribution in [0.5, 0.6) is 0 Å². The van der Waals surface area contributed by atoms with Gasteiger partial charge in [-0.1, -0.05) is 12.7 Å². The van der Waals surface area contributed by atoms with Crippen LogP contribution in [0, 0.1) is 0 Å². The van der Waals surface area contributed by atoms with Gasteiger partial charge >= 0.3 is 5.97 Å². The first-order valence-electron chi connectivity index (χ1n) is 3.02. The van der Waals surface area contributed by atoms with E-state index < -0.39 is 5.97 Å². The Morgan fingerprint density at radius 3 is 2.55 bits per heavy atom. The van der Waals surface area contributed by atoms with Gasteiger partial charge in [0.25, 0.3) is 0 Å². The van der Waals surface area contributed by atoms with Gasteiger partial charge in [0.1, 0.15) is 6.26 Å². The smallest absolute Gasteiger partial charge is 0.335 e. The lowest BCUT2D eigenvalue weighted by Crippen LogP contribution is -1.99. The molecule has 0 radical (unpaired) electrons. The number of carboxylic acid groups (broad SMARTS) is 1. The van der Waals surface area contributed by atoms with E-state index in [0.29, 0.717) is 0 Å². The molecule has 0 heterocycles. The second kappa shape index (κ2) is 5.29. The number of hydrogen-bond donors (Lipinski definition) is 1. The molecule has 0 spiro atoms. The summed E-state index contributed by atoms with van der Waals surface area (Å²) in [7, 11) is 0. The van der Waals surface area contributed by atoms with Gasteiger partial charge in [-0.3, -0.25) is 0 Å². The molecular weight excluding hydrogens is 144 g/mol. The Morgan fingerprint density at radius 2 is 2.18 bits per heavy atom. The van der Waals surface area contributed by atoms with E-state index in [1.165, 1.54) is 6.08 Å². The number of allylic oxidation sites excluding steroid dienone is 1. The number of rotatable bonds is 5. The Bertz CT molecular complexity index is 192. The van der Waals surface area contributed by atoms with Crippen LogP contribution >= 0.6 is 0 Å². The Balaban J connectivity index is 4.18. The number of aliphatic carboxylic acids is 1. The monoisotopic (exact) mass is 154 g/mol. The fourth-order valence-corrected chi connectivity index (χ4v) is 0.472. The van der Waals surface area contributed by atoms with Crippen LogP contribution in [0.25, 0.3) is 0 Å². The van der Waals surface area contributed by atoms with Gasteiger partial charge in [-0.25, -0.2) is 4.79 Å². The molecule has 0 rings (SSSR count).